The summed E-state index contributed by atoms with van der Waals surface area (Å²) in [7, 11) is -2.19. The topological polar surface area (TPSA) is 75.3 Å². The Labute approximate surface area is 114 Å². The summed E-state index contributed by atoms with van der Waals surface area (Å²) in [4.78, 5) is 11.2. The van der Waals surface area contributed by atoms with Gasteiger partial charge < -0.3 is 5.32 Å². The van der Waals surface area contributed by atoms with Gasteiger partial charge in [-0.25, -0.2) is 13.1 Å². The van der Waals surface area contributed by atoms with Crippen LogP contribution in [0.4, 0.5) is 0 Å². The van der Waals surface area contributed by atoms with E-state index in [0.717, 1.165) is 5.56 Å². The normalized spacial score (nSPS) is 12.2. The van der Waals surface area contributed by atoms with Crippen LogP contribution in [0.3, 0.4) is 0 Å². The van der Waals surface area contributed by atoms with Gasteiger partial charge in [0.2, 0.25) is 15.9 Å². The number of sulfonamides is 1. The molecule has 0 bridgehead atoms. The van der Waals surface area contributed by atoms with E-state index in [0.29, 0.717) is 0 Å². The Morgan fingerprint density at radius 3 is 2.11 bits per heavy atom. The lowest BCUT2D eigenvalue weighted by molar-refractivity contribution is -0.119. The van der Waals surface area contributed by atoms with Crippen molar-refractivity contribution in [1.29, 1.82) is 0 Å². The second-order valence-corrected chi connectivity index (χ2v) is 7.04. The molecular formula is C13H20N2O3S. The van der Waals surface area contributed by atoms with Crippen molar-refractivity contribution in [1.82, 2.24) is 10.0 Å². The minimum absolute atomic E-state index is 0.0299. The van der Waals surface area contributed by atoms with Gasteiger partial charge in [-0.3, -0.25) is 4.79 Å². The van der Waals surface area contributed by atoms with E-state index in [-0.39, 0.29) is 22.8 Å². The summed E-state index contributed by atoms with van der Waals surface area (Å²) in [5.74, 6) is -0.380. The van der Waals surface area contributed by atoms with E-state index in [2.05, 4.69) is 30.8 Å². The number of amides is 1. The second-order valence-electron chi connectivity index (χ2n) is 5.27. The van der Waals surface area contributed by atoms with E-state index in [1.807, 2.05) is 0 Å². The second kappa shape index (κ2) is 5.71. The lowest BCUT2D eigenvalue weighted by Crippen LogP contribution is -2.35. The molecule has 0 radical (unpaired) electrons. The maximum absolute atomic E-state index is 11.9. The molecule has 0 spiro atoms. The molecule has 2 N–H and O–H groups in total. The number of hydrogen-bond acceptors (Lipinski definition) is 3. The third kappa shape index (κ3) is 4.33. The fraction of sp³-hybridized carbons (Fsp3) is 0.462. The zero-order valence-corrected chi connectivity index (χ0v) is 12.5. The average Bonchev–Trinajstić information content (AvgIpc) is 2.35. The maximum atomic E-state index is 11.9. The molecule has 1 amide bonds. The summed E-state index contributed by atoms with van der Waals surface area (Å²) < 4.78 is 26.1. The van der Waals surface area contributed by atoms with Crippen molar-refractivity contribution in [2.75, 3.05) is 13.6 Å². The van der Waals surface area contributed by atoms with Crippen LogP contribution in [0.15, 0.2) is 29.2 Å². The molecule has 0 aromatic heterocycles. The van der Waals surface area contributed by atoms with E-state index in [9.17, 15) is 13.2 Å². The fourth-order valence-corrected chi connectivity index (χ4v) is 2.45. The lowest BCUT2D eigenvalue weighted by Gasteiger charge is -2.19. The van der Waals surface area contributed by atoms with Gasteiger partial charge in [-0.15, -0.1) is 0 Å². The van der Waals surface area contributed by atoms with Gasteiger partial charge in [0.15, 0.2) is 0 Å². The predicted molar refractivity (Wildman–Crippen MR) is 74.4 cm³/mol. The van der Waals surface area contributed by atoms with Gasteiger partial charge in [-0.05, 0) is 23.1 Å². The van der Waals surface area contributed by atoms with Crippen LogP contribution in [0, 0.1) is 0 Å². The van der Waals surface area contributed by atoms with Gasteiger partial charge in [-0.2, -0.15) is 0 Å². The summed E-state index contributed by atoms with van der Waals surface area (Å²) in [5.41, 5.74) is 1.02. The number of carbonyl (C=O) groups is 1. The molecule has 0 saturated carbocycles. The number of rotatable bonds is 4. The molecule has 1 aromatic carbocycles. The summed E-state index contributed by atoms with van der Waals surface area (Å²) >= 11 is 0. The minimum Gasteiger partial charge on any atom is -0.358 e. The van der Waals surface area contributed by atoms with E-state index in [1.165, 1.54) is 7.05 Å². The Morgan fingerprint density at radius 1 is 1.16 bits per heavy atom. The maximum Gasteiger partial charge on any atom is 0.241 e. The van der Waals surface area contributed by atoms with Crippen LogP contribution >= 0.6 is 0 Å². The molecule has 106 valence electrons. The number of carbonyl (C=O) groups excluding carboxylic acids is 1. The molecule has 0 unspecified atom stereocenters. The first-order chi connectivity index (χ1) is 8.66. The van der Waals surface area contributed by atoms with E-state index in [1.54, 1.807) is 24.3 Å². The van der Waals surface area contributed by atoms with Crippen LogP contribution in [-0.4, -0.2) is 27.9 Å². The van der Waals surface area contributed by atoms with E-state index < -0.39 is 10.0 Å². The SMILES string of the molecule is CNC(=O)CNS(=O)(=O)c1ccc(C(C)(C)C)cc1. The third-order valence-electron chi connectivity index (χ3n) is 2.73. The minimum atomic E-state index is -3.64. The van der Waals surface area contributed by atoms with Gasteiger partial charge in [0.05, 0.1) is 11.4 Å². The average molecular weight is 284 g/mol. The van der Waals surface area contributed by atoms with Crippen LogP contribution in [0.5, 0.6) is 0 Å². The van der Waals surface area contributed by atoms with Crippen LogP contribution in [0.2, 0.25) is 0 Å². The van der Waals surface area contributed by atoms with Gasteiger partial charge in [0, 0.05) is 7.05 Å². The van der Waals surface area contributed by atoms with Crippen molar-refractivity contribution in [2.45, 2.75) is 31.1 Å². The van der Waals surface area contributed by atoms with Crippen molar-refractivity contribution in [2.24, 2.45) is 0 Å². The van der Waals surface area contributed by atoms with Crippen LogP contribution in [0.1, 0.15) is 26.3 Å². The first kappa shape index (κ1) is 15.7. The Bertz CT molecular complexity index is 542. The molecule has 1 aromatic rings. The van der Waals surface area contributed by atoms with Crippen LogP contribution in [0.25, 0.3) is 0 Å². The molecule has 6 heteroatoms. The van der Waals surface area contributed by atoms with E-state index >= 15 is 0 Å². The van der Waals surface area contributed by atoms with Crippen molar-refractivity contribution in [3.63, 3.8) is 0 Å². The highest BCUT2D eigenvalue weighted by Gasteiger charge is 2.17. The summed E-state index contributed by atoms with van der Waals surface area (Å²) in [6.07, 6.45) is 0. The highest BCUT2D eigenvalue weighted by Crippen LogP contribution is 2.23. The molecule has 19 heavy (non-hydrogen) atoms. The molecular weight excluding hydrogens is 264 g/mol. The lowest BCUT2D eigenvalue weighted by atomic mass is 9.87. The van der Waals surface area contributed by atoms with Crippen molar-refractivity contribution in [3.05, 3.63) is 29.8 Å². The first-order valence-electron chi connectivity index (χ1n) is 5.97. The fourth-order valence-electron chi connectivity index (χ4n) is 1.47. The summed E-state index contributed by atoms with van der Waals surface area (Å²) in [5, 5.41) is 2.35. The zero-order valence-electron chi connectivity index (χ0n) is 11.6. The Balaban J connectivity index is 2.88. The Hall–Kier alpha value is -1.40. The monoisotopic (exact) mass is 284 g/mol. The van der Waals surface area contributed by atoms with Crippen molar-refractivity contribution in [3.8, 4) is 0 Å². The molecule has 0 heterocycles. The summed E-state index contributed by atoms with van der Waals surface area (Å²) in [6, 6.07) is 6.67. The third-order valence-corrected chi connectivity index (χ3v) is 4.15. The largest absolute Gasteiger partial charge is 0.358 e. The molecule has 0 aliphatic heterocycles. The van der Waals surface area contributed by atoms with Crippen molar-refractivity contribution < 1.29 is 13.2 Å². The number of nitrogens with one attached hydrogen (secondary N) is 2. The molecule has 5 nitrogen and oxygen atoms in total. The van der Waals surface area contributed by atoms with Crippen molar-refractivity contribution >= 4 is 15.9 Å². The van der Waals surface area contributed by atoms with E-state index in [4.69, 9.17) is 0 Å². The highest BCUT2D eigenvalue weighted by molar-refractivity contribution is 7.89. The van der Waals surface area contributed by atoms with Crippen LogP contribution in [-0.2, 0) is 20.2 Å². The number of hydrogen-bond donors (Lipinski definition) is 2. The molecule has 0 aliphatic carbocycles. The first-order valence-corrected chi connectivity index (χ1v) is 7.46. The van der Waals surface area contributed by atoms with Gasteiger partial charge in [0.25, 0.3) is 0 Å². The zero-order chi connectivity index (χ0) is 14.7. The Morgan fingerprint density at radius 2 is 1.68 bits per heavy atom. The number of likely N-dealkylation sites (N-methyl/N-ethyl adjacent to an activating group) is 1. The quantitative estimate of drug-likeness (QED) is 0.866. The predicted octanol–water partition coefficient (Wildman–Crippen LogP) is 1.01. The standard InChI is InChI=1S/C13H20N2O3S/c1-13(2,3)10-5-7-11(8-6-10)19(17,18)15-9-12(16)14-4/h5-8,15H,9H2,1-4H3,(H,14,16). The summed E-state index contributed by atoms with van der Waals surface area (Å²) in [6.45, 7) is 5.90. The molecule has 0 fully saturated rings. The van der Waals surface area contributed by atoms with Gasteiger partial charge in [0.1, 0.15) is 0 Å². The smallest absolute Gasteiger partial charge is 0.241 e. The van der Waals surface area contributed by atoms with Gasteiger partial charge >= 0.3 is 0 Å². The molecule has 0 atom stereocenters. The van der Waals surface area contributed by atoms with Crippen LogP contribution < -0.4 is 10.0 Å². The highest BCUT2D eigenvalue weighted by atomic mass is 32.2. The molecule has 0 aliphatic rings. The Kier molecular flexibility index (Phi) is 4.70. The molecule has 1 rings (SSSR count). The van der Waals surface area contributed by atoms with Gasteiger partial charge in [-0.1, -0.05) is 32.9 Å². The molecule has 0 saturated heterocycles. The number of benzene rings is 1.